The lowest BCUT2D eigenvalue weighted by Gasteiger charge is -2.16. The van der Waals surface area contributed by atoms with E-state index in [1.807, 2.05) is 0 Å². The molecule has 0 aromatic heterocycles. The second kappa shape index (κ2) is 3.77. The summed E-state index contributed by atoms with van der Waals surface area (Å²) in [4.78, 5) is 10.3. The van der Waals surface area contributed by atoms with Gasteiger partial charge in [0.1, 0.15) is 0 Å². The van der Waals surface area contributed by atoms with Crippen LogP contribution in [0.4, 0.5) is 4.79 Å². The van der Waals surface area contributed by atoms with Crippen LogP contribution in [0.15, 0.2) is 5.10 Å². The first-order valence-corrected chi connectivity index (χ1v) is 4.61. The highest BCUT2D eigenvalue weighted by atomic mass is 16.2. The first kappa shape index (κ1) is 10.0. The molecule has 1 fully saturated rings. The fourth-order valence-corrected chi connectivity index (χ4v) is 1.95. The second-order valence-electron chi connectivity index (χ2n) is 4.24. The summed E-state index contributed by atoms with van der Waals surface area (Å²) in [6.45, 7) is 4.39. The van der Waals surface area contributed by atoms with Crippen molar-refractivity contribution in [2.45, 2.75) is 33.1 Å². The zero-order valence-corrected chi connectivity index (χ0v) is 8.21. The van der Waals surface area contributed by atoms with Crippen molar-refractivity contribution in [3.63, 3.8) is 0 Å². The molecule has 0 aromatic carbocycles. The highest BCUT2D eigenvalue weighted by molar-refractivity contribution is 5.74. The molecule has 74 valence electrons. The van der Waals surface area contributed by atoms with Crippen molar-refractivity contribution >= 4 is 12.2 Å². The van der Waals surface area contributed by atoms with E-state index in [-0.39, 0.29) is 5.41 Å². The number of primary amides is 1. The molecule has 2 atom stereocenters. The van der Waals surface area contributed by atoms with Gasteiger partial charge in [-0.1, -0.05) is 13.8 Å². The third-order valence-corrected chi connectivity index (χ3v) is 2.57. The van der Waals surface area contributed by atoms with Crippen LogP contribution >= 0.6 is 0 Å². The number of nitrogens with two attached hydrogens (primary N) is 1. The third kappa shape index (κ3) is 3.05. The number of rotatable bonds is 2. The predicted octanol–water partition coefficient (Wildman–Crippen LogP) is 1.47. The molecule has 2 amide bonds. The summed E-state index contributed by atoms with van der Waals surface area (Å²) in [7, 11) is 0. The van der Waals surface area contributed by atoms with Crippen molar-refractivity contribution in [2.24, 2.45) is 22.2 Å². The molecule has 13 heavy (non-hydrogen) atoms. The van der Waals surface area contributed by atoms with Gasteiger partial charge in [0.2, 0.25) is 0 Å². The lowest BCUT2D eigenvalue weighted by Crippen LogP contribution is -2.26. The number of carbonyl (C=O) groups is 1. The van der Waals surface area contributed by atoms with Gasteiger partial charge in [0, 0.05) is 11.6 Å². The fourth-order valence-electron chi connectivity index (χ4n) is 1.95. The van der Waals surface area contributed by atoms with Crippen molar-refractivity contribution < 1.29 is 4.79 Å². The van der Waals surface area contributed by atoms with E-state index in [9.17, 15) is 4.79 Å². The molecular formula is C9H17N3O. The molecule has 1 saturated carbocycles. The first-order chi connectivity index (χ1) is 6.02. The summed E-state index contributed by atoms with van der Waals surface area (Å²) < 4.78 is 0. The Balaban J connectivity index is 2.43. The Morgan fingerprint density at radius 2 is 2.46 bits per heavy atom. The van der Waals surface area contributed by atoms with E-state index in [0.29, 0.717) is 0 Å². The number of hydrogen-bond donors (Lipinski definition) is 2. The number of amides is 2. The standard InChI is InChI=1S/C9H17N3O/c1-7-3-4-9(2,5-7)6-11-12-8(10)13/h6-7H,3-5H2,1-2H3,(H3,10,12,13)/b11-6+. The van der Waals surface area contributed by atoms with E-state index >= 15 is 0 Å². The molecule has 3 N–H and O–H groups in total. The van der Waals surface area contributed by atoms with Crippen molar-refractivity contribution in [1.29, 1.82) is 0 Å². The summed E-state index contributed by atoms with van der Waals surface area (Å²) in [5.74, 6) is 0.755. The summed E-state index contributed by atoms with van der Waals surface area (Å²) in [6, 6.07) is -0.606. The fraction of sp³-hybridized carbons (Fsp3) is 0.778. The van der Waals surface area contributed by atoms with Crippen LogP contribution in [0.25, 0.3) is 0 Å². The van der Waals surface area contributed by atoms with Crippen LogP contribution in [0.5, 0.6) is 0 Å². The molecule has 0 saturated heterocycles. The van der Waals surface area contributed by atoms with E-state index in [1.54, 1.807) is 6.21 Å². The molecular weight excluding hydrogens is 166 g/mol. The highest BCUT2D eigenvalue weighted by Gasteiger charge is 2.31. The number of hydrogen-bond acceptors (Lipinski definition) is 2. The first-order valence-electron chi connectivity index (χ1n) is 4.61. The molecule has 0 aliphatic heterocycles. The molecule has 1 aliphatic rings. The molecule has 2 unspecified atom stereocenters. The minimum atomic E-state index is -0.606. The van der Waals surface area contributed by atoms with Gasteiger partial charge in [-0.15, -0.1) is 0 Å². The SMILES string of the molecule is CC1CCC(C)(/C=N/NC(N)=O)C1. The van der Waals surface area contributed by atoms with Crippen molar-refractivity contribution in [3.05, 3.63) is 0 Å². The molecule has 0 heterocycles. The Bertz CT molecular complexity index is 227. The molecule has 4 heteroatoms. The number of hydrazone groups is 1. The Morgan fingerprint density at radius 1 is 1.77 bits per heavy atom. The number of nitrogens with one attached hydrogen (secondary N) is 1. The van der Waals surface area contributed by atoms with Crippen LogP contribution in [0.2, 0.25) is 0 Å². The molecule has 0 aromatic rings. The summed E-state index contributed by atoms with van der Waals surface area (Å²) in [6.07, 6.45) is 5.31. The van der Waals surface area contributed by atoms with Crippen LogP contribution in [0.3, 0.4) is 0 Å². The zero-order valence-electron chi connectivity index (χ0n) is 8.21. The maximum atomic E-state index is 10.3. The van der Waals surface area contributed by atoms with Gasteiger partial charge in [0.25, 0.3) is 0 Å². The molecule has 0 bridgehead atoms. The molecule has 1 rings (SSSR count). The largest absolute Gasteiger partial charge is 0.350 e. The zero-order chi connectivity index (χ0) is 9.90. The van der Waals surface area contributed by atoms with Gasteiger partial charge in [0.05, 0.1) is 0 Å². The van der Waals surface area contributed by atoms with Crippen LogP contribution in [0, 0.1) is 11.3 Å². The van der Waals surface area contributed by atoms with E-state index in [4.69, 9.17) is 5.73 Å². The van der Waals surface area contributed by atoms with E-state index in [2.05, 4.69) is 24.4 Å². The number of carbonyl (C=O) groups excluding carboxylic acids is 1. The van der Waals surface area contributed by atoms with Crippen LogP contribution in [-0.2, 0) is 0 Å². The molecule has 4 nitrogen and oxygen atoms in total. The Hall–Kier alpha value is -1.06. The van der Waals surface area contributed by atoms with Gasteiger partial charge in [-0.2, -0.15) is 5.10 Å². The predicted molar refractivity (Wildman–Crippen MR) is 52.3 cm³/mol. The average Bonchev–Trinajstić information content (AvgIpc) is 2.30. The number of nitrogens with zero attached hydrogens (tertiary/aromatic N) is 1. The normalized spacial score (nSPS) is 33.8. The van der Waals surface area contributed by atoms with Gasteiger partial charge in [-0.3, -0.25) is 0 Å². The summed E-state index contributed by atoms with van der Waals surface area (Å²) >= 11 is 0. The Labute approximate surface area is 78.6 Å². The minimum Gasteiger partial charge on any atom is -0.350 e. The highest BCUT2D eigenvalue weighted by Crippen LogP contribution is 2.39. The van der Waals surface area contributed by atoms with Crippen LogP contribution in [0.1, 0.15) is 33.1 Å². The molecule has 0 spiro atoms. The lowest BCUT2D eigenvalue weighted by atomic mass is 9.90. The maximum absolute atomic E-state index is 10.3. The van der Waals surface area contributed by atoms with Gasteiger partial charge < -0.3 is 5.73 Å². The second-order valence-corrected chi connectivity index (χ2v) is 4.24. The Kier molecular flexibility index (Phi) is 2.90. The number of urea groups is 1. The van der Waals surface area contributed by atoms with E-state index in [1.165, 1.54) is 6.42 Å². The van der Waals surface area contributed by atoms with E-state index in [0.717, 1.165) is 18.8 Å². The topological polar surface area (TPSA) is 67.5 Å². The molecule has 0 radical (unpaired) electrons. The van der Waals surface area contributed by atoms with Gasteiger partial charge in [-0.05, 0) is 25.2 Å². The van der Waals surface area contributed by atoms with Crippen molar-refractivity contribution in [1.82, 2.24) is 5.43 Å². The van der Waals surface area contributed by atoms with Gasteiger partial charge >= 0.3 is 6.03 Å². The monoisotopic (exact) mass is 183 g/mol. The lowest BCUT2D eigenvalue weighted by molar-refractivity contribution is 0.249. The smallest absolute Gasteiger partial charge is 0.332 e. The maximum Gasteiger partial charge on any atom is 0.332 e. The van der Waals surface area contributed by atoms with Crippen LogP contribution in [-0.4, -0.2) is 12.2 Å². The van der Waals surface area contributed by atoms with Gasteiger partial charge in [0.15, 0.2) is 0 Å². The van der Waals surface area contributed by atoms with Gasteiger partial charge in [-0.25, -0.2) is 10.2 Å². The van der Waals surface area contributed by atoms with Crippen molar-refractivity contribution in [3.8, 4) is 0 Å². The summed E-state index contributed by atoms with van der Waals surface area (Å²) in [5, 5.41) is 3.81. The quantitative estimate of drug-likeness (QED) is 0.494. The minimum absolute atomic E-state index is 0.141. The third-order valence-electron chi connectivity index (χ3n) is 2.57. The average molecular weight is 183 g/mol. The van der Waals surface area contributed by atoms with E-state index < -0.39 is 6.03 Å². The van der Waals surface area contributed by atoms with Crippen LogP contribution < -0.4 is 11.2 Å². The summed E-state index contributed by atoms with van der Waals surface area (Å²) in [5.41, 5.74) is 7.25. The molecule has 1 aliphatic carbocycles. The van der Waals surface area contributed by atoms with Crippen molar-refractivity contribution in [2.75, 3.05) is 0 Å². The Morgan fingerprint density at radius 3 is 2.92 bits per heavy atom.